The van der Waals surface area contributed by atoms with E-state index in [1.807, 2.05) is 68.4 Å². The number of anilines is 1. The van der Waals surface area contributed by atoms with Crippen LogP contribution in [0.15, 0.2) is 60.8 Å². The smallest absolute Gasteiger partial charge is 0.279 e. The number of aryl methyl sites for hydroxylation is 1. The van der Waals surface area contributed by atoms with E-state index in [0.717, 1.165) is 22.0 Å². The Hall–Kier alpha value is -3.54. The second-order valence-electron chi connectivity index (χ2n) is 6.09. The number of hydrogen-bond acceptors (Lipinski definition) is 4. The van der Waals surface area contributed by atoms with Gasteiger partial charge in [0, 0.05) is 11.6 Å². The largest absolute Gasteiger partial charge is 0.305 e. The van der Waals surface area contributed by atoms with Crippen LogP contribution in [0.1, 0.15) is 21.7 Å². The van der Waals surface area contributed by atoms with E-state index in [-0.39, 0.29) is 11.6 Å². The standard InChI is InChI=1S/C20H17N5O/c1-13-7-3-6-10-17(13)25-14(2)19(23-24-25)20(26)22-18-11-15-8-4-5-9-16(15)12-21-18/h3-12H,1-2H3,(H,21,22,26). The van der Waals surface area contributed by atoms with Gasteiger partial charge in [-0.25, -0.2) is 9.67 Å². The van der Waals surface area contributed by atoms with Gasteiger partial charge in [-0.05, 0) is 36.9 Å². The van der Waals surface area contributed by atoms with Gasteiger partial charge < -0.3 is 5.32 Å². The lowest BCUT2D eigenvalue weighted by Gasteiger charge is -2.07. The minimum absolute atomic E-state index is 0.281. The first-order valence-electron chi connectivity index (χ1n) is 8.28. The van der Waals surface area contributed by atoms with Gasteiger partial charge in [-0.1, -0.05) is 47.7 Å². The first kappa shape index (κ1) is 16.0. The Labute approximate surface area is 150 Å². The van der Waals surface area contributed by atoms with Gasteiger partial charge in [0.1, 0.15) is 5.82 Å². The average Bonchev–Trinajstić information content (AvgIpc) is 3.03. The monoisotopic (exact) mass is 343 g/mol. The first-order chi connectivity index (χ1) is 12.6. The van der Waals surface area contributed by atoms with E-state index in [4.69, 9.17) is 0 Å². The zero-order valence-corrected chi connectivity index (χ0v) is 14.5. The van der Waals surface area contributed by atoms with Crippen LogP contribution < -0.4 is 5.32 Å². The number of amides is 1. The van der Waals surface area contributed by atoms with Crippen molar-refractivity contribution in [2.75, 3.05) is 5.32 Å². The van der Waals surface area contributed by atoms with Gasteiger partial charge in [0.05, 0.1) is 11.4 Å². The lowest BCUT2D eigenvalue weighted by Crippen LogP contribution is -2.15. The lowest BCUT2D eigenvalue weighted by atomic mass is 10.2. The highest BCUT2D eigenvalue weighted by atomic mass is 16.2. The number of para-hydroxylation sites is 1. The average molecular weight is 343 g/mol. The van der Waals surface area contributed by atoms with Crippen molar-refractivity contribution in [3.8, 4) is 5.69 Å². The van der Waals surface area contributed by atoms with E-state index >= 15 is 0 Å². The minimum atomic E-state index is -0.329. The molecule has 0 aliphatic heterocycles. The highest BCUT2D eigenvalue weighted by Crippen LogP contribution is 2.19. The zero-order valence-electron chi connectivity index (χ0n) is 14.5. The summed E-state index contributed by atoms with van der Waals surface area (Å²) in [5.74, 6) is 0.156. The summed E-state index contributed by atoms with van der Waals surface area (Å²) in [5.41, 5.74) is 2.92. The number of rotatable bonds is 3. The van der Waals surface area contributed by atoms with Crippen molar-refractivity contribution < 1.29 is 4.79 Å². The van der Waals surface area contributed by atoms with Crippen LogP contribution in [0, 0.1) is 13.8 Å². The third kappa shape index (κ3) is 2.82. The summed E-state index contributed by atoms with van der Waals surface area (Å²) in [7, 11) is 0. The summed E-state index contributed by atoms with van der Waals surface area (Å²) in [6.07, 6.45) is 1.74. The van der Waals surface area contributed by atoms with Gasteiger partial charge >= 0.3 is 0 Å². The molecule has 4 aromatic rings. The fraction of sp³-hybridized carbons (Fsp3) is 0.100. The van der Waals surface area contributed by atoms with Crippen LogP contribution >= 0.6 is 0 Å². The van der Waals surface area contributed by atoms with Crippen LogP contribution in [-0.2, 0) is 0 Å². The van der Waals surface area contributed by atoms with Crippen LogP contribution in [-0.4, -0.2) is 25.9 Å². The van der Waals surface area contributed by atoms with E-state index in [1.165, 1.54) is 0 Å². The molecule has 0 bridgehead atoms. The number of fused-ring (bicyclic) bond motifs is 1. The second kappa shape index (κ2) is 6.40. The number of nitrogens with zero attached hydrogens (tertiary/aromatic N) is 4. The molecule has 2 heterocycles. The predicted molar refractivity (Wildman–Crippen MR) is 101 cm³/mol. The molecule has 0 fully saturated rings. The minimum Gasteiger partial charge on any atom is -0.305 e. The number of hydrogen-bond donors (Lipinski definition) is 1. The summed E-state index contributed by atoms with van der Waals surface area (Å²) in [5, 5.41) is 13.0. The van der Waals surface area contributed by atoms with Crippen molar-refractivity contribution >= 4 is 22.5 Å². The molecule has 6 nitrogen and oxygen atoms in total. The molecule has 4 rings (SSSR count). The SMILES string of the molecule is Cc1ccccc1-n1nnc(C(=O)Nc2cc3ccccc3cn2)c1C. The van der Waals surface area contributed by atoms with E-state index in [1.54, 1.807) is 10.9 Å². The molecule has 1 amide bonds. The molecule has 0 atom stereocenters. The number of pyridine rings is 1. The molecule has 2 aromatic carbocycles. The van der Waals surface area contributed by atoms with Gasteiger partial charge in [-0.3, -0.25) is 4.79 Å². The summed E-state index contributed by atoms with van der Waals surface area (Å²) >= 11 is 0. The van der Waals surface area contributed by atoms with Crippen molar-refractivity contribution in [1.82, 2.24) is 20.0 Å². The maximum atomic E-state index is 12.6. The van der Waals surface area contributed by atoms with Gasteiger partial charge in [-0.2, -0.15) is 0 Å². The Kier molecular flexibility index (Phi) is 3.93. The molecule has 0 unspecified atom stereocenters. The molecule has 0 radical (unpaired) electrons. The zero-order chi connectivity index (χ0) is 18.1. The van der Waals surface area contributed by atoms with E-state index in [0.29, 0.717) is 11.5 Å². The van der Waals surface area contributed by atoms with Crippen LogP contribution in [0.2, 0.25) is 0 Å². The highest BCUT2D eigenvalue weighted by Gasteiger charge is 2.18. The number of benzene rings is 2. The Morgan fingerprint density at radius 1 is 1.00 bits per heavy atom. The normalized spacial score (nSPS) is 10.8. The van der Waals surface area contributed by atoms with Crippen molar-refractivity contribution in [3.63, 3.8) is 0 Å². The maximum Gasteiger partial charge on any atom is 0.279 e. The van der Waals surface area contributed by atoms with Crippen molar-refractivity contribution in [2.24, 2.45) is 0 Å². The molecule has 0 saturated carbocycles. The topological polar surface area (TPSA) is 72.7 Å². The molecule has 2 aromatic heterocycles. The molecule has 0 saturated heterocycles. The molecular formula is C20H17N5O. The fourth-order valence-corrected chi connectivity index (χ4v) is 2.90. The molecule has 6 heteroatoms. The van der Waals surface area contributed by atoms with Crippen LogP contribution in [0.4, 0.5) is 5.82 Å². The first-order valence-corrected chi connectivity index (χ1v) is 8.28. The van der Waals surface area contributed by atoms with Crippen molar-refractivity contribution in [3.05, 3.63) is 77.7 Å². The Balaban J connectivity index is 1.63. The second-order valence-corrected chi connectivity index (χ2v) is 6.09. The summed E-state index contributed by atoms with van der Waals surface area (Å²) in [6.45, 7) is 3.82. The Bertz CT molecular complexity index is 1120. The van der Waals surface area contributed by atoms with Crippen molar-refractivity contribution in [1.29, 1.82) is 0 Å². The van der Waals surface area contributed by atoms with Crippen molar-refractivity contribution in [2.45, 2.75) is 13.8 Å². The van der Waals surface area contributed by atoms with Gasteiger partial charge in [0.2, 0.25) is 0 Å². The fourth-order valence-electron chi connectivity index (χ4n) is 2.90. The van der Waals surface area contributed by atoms with E-state index < -0.39 is 0 Å². The Morgan fingerprint density at radius 3 is 2.54 bits per heavy atom. The van der Waals surface area contributed by atoms with Gasteiger partial charge in [0.15, 0.2) is 5.69 Å². The highest BCUT2D eigenvalue weighted by molar-refractivity contribution is 6.03. The lowest BCUT2D eigenvalue weighted by molar-refractivity contribution is 0.102. The van der Waals surface area contributed by atoms with Crippen LogP contribution in [0.25, 0.3) is 16.5 Å². The number of nitrogens with one attached hydrogen (secondary N) is 1. The molecule has 0 aliphatic carbocycles. The molecule has 1 N–H and O–H groups in total. The van der Waals surface area contributed by atoms with Crippen LogP contribution in [0.3, 0.4) is 0 Å². The molecule has 26 heavy (non-hydrogen) atoms. The molecule has 0 spiro atoms. The predicted octanol–water partition coefficient (Wildman–Crippen LogP) is 3.68. The number of aromatic nitrogens is 4. The molecule has 128 valence electrons. The van der Waals surface area contributed by atoms with Gasteiger partial charge in [-0.15, -0.1) is 5.10 Å². The summed E-state index contributed by atoms with van der Waals surface area (Å²) in [4.78, 5) is 16.9. The van der Waals surface area contributed by atoms with Gasteiger partial charge in [0.25, 0.3) is 5.91 Å². The quantitative estimate of drug-likeness (QED) is 0.616. The molecule has 0 aliphatic rings. The third-order valence-electron chi connectivity index (χ3n) is 4.33. The maximum absolute atomic E-state index is 12.6. The van der Waals surface area contributed by atoms with E-state index in [9.17, 15) is 4.79 Å². The Morgan fingerprint density at radius 2 is 1.73 bits per heavy atom. The number of carbonyl (C=O) groups excluding carboxylic acids is 1. The summed E-state index contributed by atoms with van der Waals surface area (Å²) in [6, 6.07) is 17.5. The summed E-state index contributed by atoms with van der Waals surface area (Å²) < 4.78 is 1.68. The third-order valence-corrected chi connectivity index (χ3v) is 4.33. The number of carbonyl (C=O) groups is 1. The van der Waals surface area contributed by atoms with Crippen LogP contribution in [0.5, 0.6) is 0 Å². The molecular weight excluding hydrogens is 326 g/mol. The van der Waals surface area contributed by atoms with E-state index in [2.05, 4.69) is 20.6 Å².